The van der Waals surface area contributed by atoms with Crippen LogP contribution in [0.3, 0.4) is 0 Å². The van der Waals surface area contributed by atoms with Crippen molar-refractivity contribution in [1.82, 2.24) is 0 Å². The molecule has 12 heavy (non-hydrogen) atoms. The van der Waals surface area contributed by atoms with E-state index in [-0.39, 0.29) is 0 Å². The van der Waals surface area contributed by atoms with E-state index in [1.807, 2.05) is 0 Å². The van der Waals surface area contributed by atoms with Crippen molar-refractivity contribution in [1.29, 1.82) is 0 Å². The first-order chi connectivity index (χ1) is 5.56. The van der Waals surface area contributed by atoms with Gasteiger partial charge >= 0.3 is 0 Å². The Morgan fingerprint density at radius 2 is 1.67 bits per heavy atom. The first kappa shape index (κ1) is 12.0. The zero-order valence-electron chi connectivity index (χ0n) is 9.14. The Bertz CT molecular complexity index is 99.2. The molecule has 0 fully saturated rings. The highest BCUT2D eigenvalue weighted by Gasteiger charge is 2.07. The van der Waals surface area contributed by atoms with Gasteiger partial charge in [0.15, 0.2) is 0 Å². The lowest BCUT2D eigenvalue weighted by Gasteiger charge is -2.16. The Morgan fingerprint density at radius 3 is 2.08 bits per heavy atom. The Morgan fingerprint density at radius 1 is 1.08 bits per heavy atom. The van der Waals surface area contributed by atoms with Crippen LogP contribution in [0.5, 0.6) is 0 Å². The van der Waals surface area contributed by atoms with Crippen molar-refractivity contribution >= 4 is 0 Å². The Labute approximate surface area is 77.7 Å². The van der Waals surface area contributed by atoms with Crippen LogP contribution in [0.15, 0.2) is 0 Å². The van der Waals surface area contributed by atoms with Gasteiger partial charge in [0.1, 0.15) is 0 Å². The van der Waals surface area contributed by atoms with Crippen molar-refractivity contribution in [3.63, 3.8) is 0 Å². The summed E-state index contributed by atoms with van der Waals surface area (Å²) in [7, 11) is 0. The molecule has 0 aliphatic heterocycles. The summed E-state index contributed by atoms with van der Waals surface area (Å²) in [6, 6.07) is 0.433. The van der Waals surface area contributed by atoms with Crippen LogP contribution in [-0.2, 0) is 0 Å². The third kappa shape index (κ3) is 6.66. The van der Waals surface area contributed by atoms with Gasteiger partial charge in [0.05, 0.1) is 0 Å². The van der Waals surface area contributed by atoms with Crippen molar-refractivity contribution in [2.24, 2.45) is 17.6 Å². The smallest absolute Gasteiger partial charge is 0.00414 e. The van der Waals surface area contributed by atoms with E-state index in [0.717, 1.165) is 11.8 Å². The van der Waals surface area contributed by atoms with Gasteiger partial charge in [-0.2, -0.15) is 0 Å². The predicted molar refractivity (Wildman–Crippen MR) is 56.1 cm³/mol. The normalized spacial score (nSPS) is 16.5. The minimum absolute atomic E-state index is 0.433. The number of rotatable bonds is 6. The second kappa shape index (κ2) is 6.47. The molecule has 0 aliphatic rings. The van der Waals surface area contributed by atoms with Crippen LogP contribution in [0.4, 0.5) is 0 Å². The van der Waals surface area contributed by atoms with Gasteiger partial charge in [0.2, 0.25) is 0 Å². The number of hydrogen-bond donors (Lipinski definition) is 1. The average Bonchev–Trinajstić information content (AvgIpc) is 2.00. The zero-order chi connectivity index (χ0) is 9.56. The maximum absolute atomic E-state index is 6.00. The molecule has 0 saturated heterocycles. The molecule has 0 spiro atoms. The standard InChI is InChI=1S/C11H25N/c1-5-10(4)8-11(12)7-6-9(2)3/h9-11H,5-8,12H2,1-4H3. The van der Waals surface area contributed by atoms with E-state index in [9.17, 15) is 0 Å². The van der Waals surface area contributed by atoms with Crippen LogP contribution in [0.25, 0.3) is 0 Å². The molecule has 74 valence electrons. The molecule has 0 aromatic rings. The molecule has 0 aromatic carbocycles. The molecule has 0 amide bonds. The van der Waals surface area contributed by atoms with Gasteiger partial charge in [-0.05, 0) is 31.1 Å². The van der Waals surface area contributed by atoms with E-state index in [4.69, 9.17) is 5.73 Å². The molecule has 1 heteroatoms. The van der Waals surface area contributed by atoms with Crippen LogP contribution in [0, 0.1) is 11.8 Å². The lowest BCUT2D eigenvalue weighted by molar-refractivity contribution is 0.408. The Kier molecular flexibility index (Phi) is 6.45. The van der Waals surface area contributed by atoms with E-state index in [2.05, 4.69) is 27.7 Å². The summed E-state index contributed by atoms with van der Waals surface area (Å²) in [4.78, 5) is 0. The highest BCUT2D eigenvalue weighted by Crippen LogP contribution is 2.13. The molecule has 2 atom stereocenters. The van der Waals surface area contributed by atoms with Gasteiger partial charge in [-0.25, -0.2) is 0 Å². The third-order valence-electron chi connectivity index (χ3n) is 2.52. The van der Waals surface area contributed by atoms with Crippen molar-refractivity contribution in [2.45, 2.75) is 59.4 Å². The summed E-state index contributed by atoms with van der Waals surface area (Å²) < 4.78 is 0. The van der Waals surface area contributed by atoms with Crippen LogP contribution >= 0.6 is 0 Å². The molecule has 2 N–H and O–H groups in total. The summed E-state index contributed by atoms with van der Waals surface area (Å²) in [6.45, 7) is 9.04. The summed E-state index contributed by atoms with van der Waals surface area (Å²) in [5, 5.41) is 0. The van der Waals surface area contributed by atoms with Crippen molar-refractivity contribution < 1.29 is 0 Å². The molecule has 2 unspecified atom stereocenters. The molecule has 0 rings (SSSR count). The van der Waals surface area contributed by atoms with Crippen LogP contribution in [-0.4, -0.2) is 6.04 Å². The van der Waals surface area contributed by atoms with E-state index in [1.54, 1.807) is 0 Å². The molecule has 1 nitrogen and oxygen atoms in total. The Balaban J connectivity index is 3.39. The van der Waals surface area contributed by atoms with Gasteiger partial charge in [0, 0.05) is 6.04 Å². The third-order valence-corrected chi connectivity index (χ3v) is 2.52. The molecule has 0 aromatic heterocycles. The molecule has 0 radical (unpaired) electrons. The first-order valence-electron chi connectivity index (χ1n) is 5.31. The van der Waals surface area contributed by atoms with Crippen LogP contribution in [0.1, 0.15) is 53.4 Å². The van der Waals surface area contributed by atoms with Crippen LogP contribution in [0.2, 0.25) is 0 Å². The maximum atomic E-state index is 6.00. The SMILES string of the molecule is CCC(C)CC(N)CCC(C)C. The van der Waals surface area contributed by atoms with Crippen molar-refractivity contribution in [3.8, 4) is 0 Å². The highest BCUT2D eigenvalue weighted by atomic mass is 14.6. The monoisotopic (exact) mass is 171 g/mol. The molecule has 0 heterocycles. The summed E-state index contributed by atoms with van der Waals surface area (Å²) in [5.41, 5.74) is 6.00. The van der Waals surface area contributed by atoms with Gasteiger partial charge in [-0.1, -0.05) is 34.1 Å². The highest BCUT2D eigenvalue weighted by molar-refractivity contribution is 4.65. The largest absolute Gasteiger partial charge is 0.328 e. The quantitative estimate of drug-likeness (QED) is 0.652. The molecular formula is C11H25N. The molecular weight excluding hydrogens is 146 g/mol. The van der Waals surface area contributed by atoms with E-state index >= 15 is 0 Å². The number of hydrogen-bond acceptors (Lipinski definition) is 1. The minimum atomic E-state index is 0.433. The fourth-order valence-electron chi connectivity index (χ4n) is 1.35. The Hall–Kier alpha value is -0.0400. The molecule has 0 aliphatic carbocycles. The molecule has 0 bridgehead atoms. The van der Waals surface area contributed by atoms with Crippen molar-refractivity contribution in [3.05, 3.63) is 0 Å². The second-order valence-corrected chi connectivity index (χ2v) is 4.48. The van der Waals surface area contributed by atoms with E-state index < -0.39 is 0 Å². The average molecular weight is 171 g/mol. The van der Waals surface area contributed by atoms with Gasteiger partial charge < -0.3 is 5.73 Å². The topological polar surface area (TPSA) is 26.0 Å². The lowest BCUT2D eigenvalue weighted by atomic mass is 9.95. The predicted octanol–water partition coefficient (Wildman–Crippen LogP) is 3.19. The van der Waals surface area contributed by atoms with Gasteiger partial charge in [0.25, 0.3) is 0 Å². The summed E-state index contributed by atoms with van der Waals surface area (Å²) in [6.07, 6.45) is 4.93. The summed E-state index contributed by atoms with van der Waals surface area (Å²) >= 11 is 0. The fourth-order valence-corrected chi connectivity index (χ4v) is 1.35. The fraction of sp³-hybridized carbons (Fsp3) is 1.00. The molecule has 0 saturated carbocycles. The first-order valence-corrected chi connectivity index (χ1v) is 5.31. The van der Waals surface area contributed by atoms with Crippen molar-refractivity contribution in [2.75, 3.05) is 0 Å². The van der Waals surface area contributed by atoms with E-state index in [1.165, 1.54) is 25.7 Å². The lowest BCUT2D eigenvalue weighted by Crippen LogP contribution is -2.23. The maximum Gasteiger partial charge on any atom is 0.00414 e. The summed E-state index contributed by atoms with van der Waals surface area (Å²) in [5.74, 6) is 1.60. The van der Waals surface area contributed by atoms with Gasteiger partial charge in [-0.3, -0.25) is 0 Å². The van der Waals surface area contributed by atoms with Gasteiger partial charge in [-0.15, -0.1) is 0 Å². The minimum Gasteiger partial charge on any atom is -0.328 e. The van der Waals surface area contributed by atoms with Crippen LogP contribution < -0.4 is 5.73 Å². The zero-order valence-corrected chi connectivity index (χ0v) is 9.14. The second-order valence-electron chi connectivity index (χ2n) is 4.48. The van der Waals surface area contributed by atoms with E-state index in [0.29, 0.717) is 6.04 Å². The number of nitrogens with two attached hydrogens (primary N) is 1.